The van der Waals surface area contributed by atoms with Gasteiger partial charge in [-0.05, 0) is 49.1 Å². The summed E-state index contributed by atoms with van der Waals surface area (Å²) in [6, 6.07) is 10.4. The molecule has 1 N–H and O–H groups in total. The molecule has 2 aromatic rings. The highest BCUT2D eigenvalue weighted by atomic mass is 35.5. The number of aryl methyl sites for hydroxylation is 2. The minimum absolute atomic E-state index is 0.187. The number of rotatable bonds is 4. The molecule has 0 spiro atoms. The molecule has 2 aromatic carbocycles. The van der Waals surface area contributed by atoms with Crippen LogP contribution in [0.1, 0.15) is 36.5 Å². The van der Waals surface area contributed by atoms with Crippen LogP contribution < -0.4 is 4.72 Å². The number of hydrogen-bond donors (Lipinski definition) is 1. The first-order valence-corrected chi connectivity index (χ1v) is 8.96. The lowest BCUT2D eigenvalue weighted by atomic mass is 9.99. The first-order valence-electron chi connectivity index (χ1n) is 7.10. The Morgan fingerprint density at radius 2 is 1.64 bits per heavy atom. The summed E-state index contributed by atoms with van der Waals surface area (Å²) in [4.78, 5) is 0.240. The van der Waals surface area contributed by atoms with Gasteiger partial charge in [-0.1, -0.05) is 49.2 Å². The Morgan fingerprint density at radius 1 is 1.05 bits per heavy atom. The van der Waals surface area contributed by atoms with Crippen LogP contribution in [0.5, 0.6) is 0 Å². The van der Waals surface area contributed by atoms with E-state index in [9.17, 15) is 8.42 Å². The number of halogens is 1. The van der Waals surface area contributed by atoms with Gasteiger partial charge in [0.1, 0.15) is 0 Å². The van der Waals surface area contributed by atoms with Crippen molar-refractivity contribution in [2.24, 2.45) is 0 Å². The largest absolute Gasteiger partial charge is 0.279 e. The molecule has 3 nitrogen and oxygen atoms in total. The van der Waals surface area contributed by atoms with Crippen molar-refractivity contribution in [1.29, 1.82) is 0 Å². The molecule has 2 rings (SSSR count). The van der Waals surface area contributed by atoms with Gasteiger partial charge in [0.25, 0.3) is 10.0 Å². The summed E-state index contributed by atoms with van der Waals surface area (Å²) in [5.41, 5.74) is 3.41. The molecule has 0 atom stereocenters. The summed E-state index contributed by atoms with van der Waals surface area (Å²) >= 11 is 6.15. The second-order valence-electron chi connectivity index (χ2n) is 5.76. The van der Waals surface area contributed by atoms with Gasteiger partial charge in [-0.15, -0.1) is 0 Å². The Hall–Kier alpha value is -1.52. The summed E-state index contributed by atoms with van der Waals surface area (Å²) in [6.45, 7) is 7.87. The fourth-order valence-corrected chi connectivity index (χ4v) is 3.43. The molecule has 0 bridgehead atoms. The van der Waals surface area contributed by atoms with E-state index in [4.69, 9.17) is 11.6 Å². The third kappa shape index (κ3) is 3.62. The topological polar surface area (TPSA) is 46.2 Å². The Balaban J connectivity index is 2.45. The van der Waals surface area contributed by atoms with E-state index in [0.29, 0.717) is 10.7 Å². The van der Waals surface area contributed by atoms with Gasteiger partial charge in [0.15, 0.2) is 0 Å². The van der Waals surface area contributed by atoms with Crippen LogP contribution in [0.25, 0.3) is 0 Å². The maximum absolute atomic E-state index is 12.5. The van der Waals surface area contributed by atoms with E-state index < -0.39 is 10.0 Å². The van der Waals surface area contributed by atoms with Gasteiger partial charge in [0, 0.05) is 5.02 Å². The van der Waals surface area contributed by atoms with Gasteiger partial charge in [-0.2, -0.15) is 0 Å². The normalized spacial score (nSPS) is 11.7. The van der Waals surface area contributed by atoms with Crippen molar-refractivity contribution in [2.45, 2.75) is 38.5 Å². The summed E-state index contributed by atoms with van der Waals surface area (Å²) in [5, 5.41) is 0.547. The molecule has 0 aliphatic heterocycles. The zero-order valence-electron chi connectivity index (χ0n) is 13.1. The molecule has 0 saturated carbocycles. The molecule has 0 aliphatic carbocycles. The van der Waals surface area contributed by atoms with Crippen LogP contribution in [-0.2, 0) is 10.0 Å². The van der Waals surface area contributed by atoms with Crippen LogP contribution in [0, 0.1) is 13.8 Å². The highest BCUT2D eigenvalue weighted by Gasteiger charge is 2.18. The molecule has 0 fully saturated rings. The average molecular weight is 338 g/mol. The van der Waals surface area contributed by atoms with Crippen LogP contribution in [0.2, 0.25) is 5.02 Å². The van der Waals surface area contributed by atoms with Gasteiger partial charge in [-0.3, -0.25) is 4.72 Å². The number of hydrogen-bond acceptors (Lipinski definition) is 2. The van der Waals surface area contributed by atoms with Crippen molar-refractivity contribution in [3.8, 4) is 0 Å². The van der Waals surface area contributed by atoms with Crippen molar-refractivity contribution in [2.75, 3.05) is 4.72 Å². The molecular weight excluding hydrogens is 318 g/mol. The van der Waals surface area contributed by atoms with Crippen LogP contribution in [0.3, 0.4) is 0 Å². The molecule has 0 amide bonds. The van der Waals surface area contributed by atoms with Crippen molar-refractivity contribution in [1.82, 2.24) is 0 Å². The molecule has 0 heterocycles. The smallest absolute Gasteiger partial charge is 0.261 e. The highest BCUT2D eigenvalue weighted by Crippen LogP contribution is 2.31. The van der Waals surface area contributed by atoms with Crippen molar-refractivity contribution < 1.29 is 8.42 Å². The lowest BCUT2D eigenvalue weighted by molar-refractivity contribution is 0.601. The summed E-state index contributed by atoms with van der Waals surface area (Å²) in [7, 11) is -3.62. The Bertz CT molecular complexity index is 781. The zero-order chi connectivity index (χ0) is 16.5. The second-order valence-corrected chi connectivity index (χ2v) is 7.85. The van der Waals surface area contributed by atoms with Crippen LogP contribution in [-0.4, -0.2) is 8.42 Å². The average Bonchev–Trinajstić information content (AvgIpc) is 2.42. The fraction of sp³-hybridized carbons (Fsp3) is 0.294. The van der Waals surface area contributed by atoms with Crippen molar-refractivity contribution in [3.63, 3.8) is 0 Å². The third-order valence-electron chi connectivity index (χ3n) is 3.53. The van der Waals surface area contributed by atoms with E-state index >= 15 is 0 Å². The molecule has 22 heavy (non-hydrogen) atoms. The van der Waals surface area contributed by atoms with Crippen LogP contribution >= 0.6 is 11.6 Å². The molecule has 0 radical (unpaired) electrons. The Morgan fingerprint density at radius 3 is 2.18 bits per heavy atom. The molecule has 0 saturated heterocycles. The first kappa shape index (κ1) is 16.8. The van der Waals surface area contributed by atoms with Gasteiger partial charge in [0.2, 0.25) is 0 Å². The fourth-order valence-electron chi connectivity index (χ4n) is 2.19. The lowest BCUT2D eigenvalue weighted by Gasteiger charge is -2.17. The van der Waals surface area contributed by atoms with E-state index in [-0.39, 0.29) is 10.8 Å². The van der Waals surface area contributed by atoms with Crippen molar-refractivity contribution in [3.05, 3.63) is 58.1 Å². The summed E-state index contributed by atoms with van der Waals surface area (Å²) in [5.74, 6) is 0.187. The molecular formula is C17H20ClNO2S. The quantitative estimate of drug-likeness (QED) is 0.864. The Kier molecular flexibility index (Phi) is 4.83. The van der Waals surface area contributed by atoms with Crippen LogP contribution in [0.4, 0.5) is 5.69 Å². The monoisotopic (exact) mass is 337 g/mol. The van der Waals surface area contributed by atoms with Crippen LogP contribution in [0.15, 0.2) is 41.3 Å². The van der Waals surface area contributed by atoms with E-state index in [0.717, 1.165) is 16.7 Å². The van der Waals surface area contributed by atoms with Gasteiger partial charge >= 0.3 is 0 Å². The maximum Gasteiger partial charge on any atom is 0.261 e. The molecule has 5 heteroatoms. The zero-order valence-corrected chi connectivity index (χ0v) is 14.7. The van der Waals surface area contributed by atoms with Gasteiger partial charge < -0.3 is 0 Å². The van der Waals surface area contributed by atoms with E-state index in [1.165, 1.54) is 0 Å². The number of anilines is 1. The number of benzene rings is 2. The number of nitrogens with one attached hydrogen (secondary N) is 1. The van der Waals surface area contributed by atoms with Gasteiger partial charge in [0.05, 0.1) is 10.6 Å². The lowest BCUT2D eigenvalue weighted by Crippen LogP contribution is -2.14. The minimum Gasteiger partial charge on any atom is -0.279 e. The Labute approximate surface area is 137 Å². The van der Waals surface area contributed by atoms with E-state index in [1.54, 1.807) is 30.3 Å². The third-order valence-corrected chi connectivity index (χ3v) is 5.32. The maximum atomic E-state index is 12.5. The predicted molar refractivity (Wildman–Crippen MR) is 92.3 cm³/mol. The standard InChI is InChI=1S/C17H20ClNO2S/c1-11(2)15-9-13(4)16(18)10-17(15)19-22(20,21)14-7-5-12(3)6-8-14/h5-11,19H,1-4H3. The predicted octanol–water partition coefficient (Wildman–Crippen LogP) is 4.88. The van der Waals surface area contributed by atoms with Crippen molar-refractivity contribution >= 4 is 27.3 Å². The molecule has 0 aliphatic rings. The molecule has 118 valence electrons. The minimum atomic E-state index is -3.62. The van der Waals surface area contributed by atoms with Gasteiger partial charge in [-0.25, -0.2) is 8.42 Å². The SMILES string of the molecule is Cc1ccc(S(=O)(=O)Nc2cc(Cl)c(C)cc2C(C)C)cc1. The second kappa shape index (κ2) is 6.31. The summed E-state index contributed by atoms with van der Waals surface area (Å²) < 4.78 is 27.7. The highest BCUT2D eigenvalue weighted by molar-refractivity contribution is 7.92. The van der Waals surface area contributed by atoms with E-state index in [2.05, 4.69) is 4.72 Å². The molecule has 0 unspecified atom stereocenters. The number of sulfonamides is 1. The molecule has 0 aromatic heterocycles. The summed E-state index contributed by atoms with van der Waals surface area (Å²) in [6.07, 6.45) is 0. The first-order chi connectivity index (χ1) is 10.2. The van der Waals surface area contributed by atoms with E-state index in [1.807, 2.05) is 33.8 Å².